The third-order valence-corrected chi connectivity index (χ3v) is 5.04. The van der Waals surface area contributed by atoms with Gasteiger partial charge in [-0.25, -0.2) is 26.3 Å². The smallest absolute Gasteiger partial charge is 0.429 e. The first kappa shape index (κ1) is 24.9. The number of alkyl halides is 2. The third-order valence-electron chi connectivity index (χ3n) is 5.04. The first-order chi connectivity index (χ1) is 16.5. The zero-order chi connectivity index (χ0) is 25.5. The molecule has 0 saturated carbocycles. The van der Waals surface area contributed by atoms with Crippen LogP contribution in [0.25, 0.3) is 11.1 Å². The van der Waals surface area contributed by atoms with Crippen molar-refractivity contribution in [1.82, 2.24) is 0 Å². The summed E-state index contributed by atoms with van der Waals surface area (Å²) in [4.78, 5) is 0. The Balaban J connectivity index is 1.62. The molecule has 0 aliphatic carbocycles. The summed E-state index contributed by atoms with van der Waals surface area (Å²) in [6.45, 7) is 0.332. The van der Waals surface area contributed by atoms with Gasteiger partial charge in [0.1, 0.15) is 28.8 Å². The molecule has 35 heavy (non-hydrogen) atoms. The monoisotopic (exact) mass is 505 g/mol. The van der Waals surface area contributed by atoms with Crippen LogP contribution in [0, 0.1) is 34.9 Å². The summed E-state index contributed by atoms with van der Waals surface area (Å²) in [5.41, 5.74) is 3.25. The molecule has 0 radical (unpaired) electrons. The molecule has 1 fully saturated rings. The molecule has 3 aromatic carbocycles. The summed E-state index contributed by atoms with van der Waals surface area (Å²) in [5, 5.41) is 0. The van der Waals surface area contributed by atoms with Gasteiger partial charge in [0.15, 0.2) is 23.7 Å². The number of benzene rings is 3. The molecule has 2 N–H and O–H groups in total. The van der Waals surface area contributed by atoms with Gasteiger partial charge in [-0.05, 0) is 23.8 Å². The second kappa shape index (κ2) is 9.44. The van der Waals surface area contributed by atoms with Crippen LogP contribution >= 0.6 is 0 Å². The molecular formula is C23H15F8NO3. The number of halogens is 8. The van der Waals surface area contributed by atoms with Crippen LogP contribution in [0.2, 0.25) is 0 Å². The van der Waals surface area contributed by atoms with Crippen LogP contribution in [0.15, 0.2) is 42.5 Å². The number of nitrogens with two attached hydrogens (primary N) is 1. The fourth-order valence-corrected chi connectivity index (χ4v) is 3.42. The molecule has 1 aliphatic heterocycles. The summed E-state index contributed by atoms with van der Waals surface area (Å²) in [5.74, 6) is -11.5. The Labute approximate surface area is 192 Å². The fraction of sp³-hybridized carbons (Fsp3) is 0.217. The minimum atomic E-state index is -4.76. The Hall–Kier alpha value is -3.22. The van der Waals surface area contributed by atoms with E-state index in [2.05, 4.69) is 4.74 Å². The first-order valence-corrected chi connectivity index (χ1v) is 9.95. The molecule has 4 rings (SSSR count). The average molecular weight is 505 g/mol. The predicted molar refractivity (Wildman–Crippen MR) is 105 cm³/mol. The second-order valence-electron chi connectivity index (χ2n) is 7.63. The van der Waals surface area contributed by atoms with Crippen molar-refractivity contribution in [2.24, 2.45) is 5.73 Å². The normalized spacial score (nSPS) is 18.5. The summed E-state index contributed by atoms with van der Waals surface area (Å²) in [6.07, 6.45) is -5.67. The third kappa shape index (κ3) is 5.09. The summed E-state index contributed by atoms with van der Waals surface area (Å²) < 4.78 is 127. The number of ether oxygens (including phenoxy) is 3. The maximum Gasteiger partial charge on any atom is 0.432 e. The number of rotatable bonds is 5. The summed E-state index contributed by atoms with van der Waals surface area (Å²) in [6, 6.07) is 4.20. The van der Waals surface area contributed by atoms with Gasteiger partial charge in [-0.15, -0.1) is 0 Å². The van der Waals surface area contributed by atoms with Gasteiger partial charge in [-0.3, -0.25) is 0 Å². The van der Waals surface area contributed by atoms with Crippen molar-refractivity contribution in [1.29, 1.82) is 0 Å². The van der Waals surface area contributed by atoms with Gasteiger partial charge in [0.05, 0.1) is 19.3 Å². The molecule has 3 aromatic rings. The van der Waals surface area contributed by atoms with Crippen LogP contribution in [0.4, 0.5) is 35.1 Å². The second-order valence-corrected chi connectivity index (χ2v) is 7.63. The van der Waals surface area contributed by atoms with E-state index < -0.39 is 64.2 Å². The van der Waals surface area contributed by atoms with Gasteiger partial charge in [0.2, 0.25) is 0 Å². The molecule has 4 nitrogen and oxygen atoms in total. The van der Waals surface area contributed by atoms with E-state index in [1.54, 1.807) is 0 Å². The van der Waals surface area contributed by atoms with Crippen molar-refractivity contribution in [2.75, 3.05) is 13.2 Å². The van der Waals surface area contributed by atoms with Gasteiger partial charge in [0, 0.05) is 23.3 Å². The zero-order valence-electron chi connectivity index (χ0n) is 17.4. The van der Waals surface area contributed by atoms with Gasteiger partial charge < -0.3 is 19.9 Å². The van der Waals surface area contributed by atoms with Crippen molar-refractivity contribution in [3.05, 3.63) is 88.5 Å². The Morgan fingerprint density at radius 2 is 1.34 bits per heavy atom. The lowest BCUT2D eigenvalue weighted by Gasteiger charge is -2.27. The van der Waals surface area contributed by atoms with Gasteiger partial charge in [0.25, 0.3) is 0 Å². The molecule has 0 bridgehead atoms. The maximum atomic E-state index is 14.7. The van der Waals surface area contributed by atoms with E-state index in [0.717, 1.165) is 12.1 Å². The van der Waals surface area contributed by atoms with Gasteiger partial charge >= 0.3 is 6.11 Å². The molecule has 12 heteroatoms. The Morgan fingerprint density at radius 1 is 0.771 bits per heavy atom. The SMILES string of the molecule is NC1COC(c2ccc(-c3cc(F)c(C(F)(F)Oc4cc(F)c(F)c(F)c4)c(F)c3)c(F)c2)OC1. The van der Waals surface area contributed by atoms with Crippen LogP contribution < -0.4 is 10.5 Å². The average Bonchev–Trinajstić information content (AvgIpc) is 2.76. The van der Waals surface area contributed by atoms with Crippen molar-refractivity contribution in [3.8, 4) is 16.9 Å². The fourth-order valence-electron chi connectivity index (χ4n) is 3.42. The largest absolute Gasteiger partial charge is 0.432 e. The van der Waals surface area contributed by atoms with Crippen molar-refractivity contribution < 1.29 is 49.3 Å². The first-order valence-electron chi connectivity index (χ1n) is 9.95. The van der Waals surface area contributed by atoms with E-state index in [1.807, 2.05) is 0 Å². The maximum absolute atomic E-state index is 14.7. The lowest BCUT2D eigenvalue weighted by Crippen LogP contribution is -2.37. The van der Waals surface area contributed by atoms with Crippen LogP contribution in [-0.4, -0.2) is 19.3 Å². The molecule has 0 atom stereocenters. The van der Waals surface area contributed by atoms with E-state index in [-0.39, 0.29) is 42.5 Å². The van der Waals surface area contributed by atoms with Crippen LogP contribution in [-0.2, 0) is 15.6 Å². The Kier molecular flexibility index (Phi) is 6.71. The molecule has 0 amide bonds. The molecule has 1 saturated heterocycles. The summed E-state index contributed by atoms with van der Waals surface area (Å²) >= 11 is 0. The standard InChI is InChI=1S/C23H15F8NO3/c24-15-3-10(22-33-8-12(32)9-34-22)1-2-14(15)11-4-16(25)20(17(26)5-11)23(30,31)35-13-6-18(27)21(29)19(28)7-13/h1-7,12,22H,8-9,32H2. The molecule has 0 aromatic heterocycles. The van der Waals surface area contributed by atoms with Crippen LogP contribution in [0.5, 0.6) is 5.75 Å². The summed E-state index contributed by atoms with van der Waals surface area (Å²) in [7, 11) is 0. The van der Waals surface area contributed by atoms with Crippen molar-refractivity contribution >= 4 is 0 Å². The lowest BCUT2D eigenvalue weighted by molar-refractivity contribution is -0.190. The topological polar surface area (TPSA) is 53.7 Å². The van der Waals surface area contributed by atoms with E-state index in [4.69, 9.17) is 15.2 Å². The van der Waals surface area contributed by atoms with E-state index in [9.17, 15) is 35.1 Å². The van der Waals surface area contributed by atoms with Crippen molar-refractivity contribution in [3.63, 3.8) is 0 Å². The molecule has 0 spiro atoms. The number of hydrogen-bond acceptors (Lipinski definition) is 4. The highest BCUT2D eigenvalue weighted by atomic mass is 19.3. The Morgan fingerprint density at radius 3 is 1.89 bits per heavy atom. The predicted octanol–water partition coefficient (Wildman–Crippen LogP) is 5.69. The van der Waals surface area contributed by atoms with Crippen LogP contribution in [0.3, 0.4) is 0 Å². The number of hydrogen-bond donors (Lipinski definition) is 1. The van der Waals surface area contributed by atoms with Gasteiger partial charge in [-0.2, -0.15) is 8.78 Å². The quantitative estimate of drug-likeness (QED) is 0.358. The molecule has 1 heterocycles. The molecule has 186 valence electrons. The van der Waals surface area contributed by atoms with E-state index in [1.165, 1.54) is 6.07 Å². The minimum absolute atomic E-state index is 0.0842. The zero-order valence-corrected chi connectivity index (χ0v) is 17.4. The molecule has 0 unspecified atom stereocenters. The minimum Gasteiger partial charge on any atom is -0.429 e. The van der Waals surface area contributed by atoms with E-state index in [0.29, 0.717) is 12.1 Å². The van der Waals surface area contributed by atoms with Crippen molar-refractivity contribution in [2.45, 2.75) is 18.4 Å². The molecular weight excluding hydrogens is 490 g/mol. The highest BCUT2D eigenvalue weighted by Gasteiger charge is 2.41. The highest BCUT2D eigenvalue weighted by Crippen LogP contribution is 2.38. The highest BCUT2D eigenvalue weighted by molar-refractivity contribution is 5.65. The van der Waals surface area contributed by atoms with Gasteiger partial charge in [-0.1, -0.05) is 12.1 Å². The lowest BCUT2D eigenvalue weighted by atomic mass is 10.00. The Bertz CT molecular complexity index is 1220. The van der Waals surface area contributed by atoms with E-state index >= 15 is 0 Å². The molecule has 1 aliphatic rings. The van der Waals surface area contributed by atoms with Crippen LogP contribution in [0.1, 0.15) is 17.4 Å².